The molecule has 4 nitrogen and oxygen atoms in total. The normalized spacial score (nSPS) is 10.9. The number of benzene rings is 1. The Morgan fingerprint density at radius 2 is 2.10 bits per heavy atom. The lowest BCUT2D eigenvalue weighted by atomic mass is 10.1. The molecule has 2 aromatic heterocycles. The highest BCUT2D eigenvalue weighted by Crippen LogP contribution is 2.27. The fourth-order valence-corrected chi connectivity index (χ4v) is 2.61. The summed E-state index contributed by atoms with van der Waals surface area (Å²) in [4.78, 5) is 19.8. The minimum Gasteiger partial charge on any atom is -0.478 e. The molecule has 0 atom stereocenters. The number of para-hydroxylation sites is 1. The van der Waals surface area contributed by atoms with Crippen molar-refractivity contribution in [2.24, 2.45) is 0 Å². The van der Waals surface area contributed by atoms with E-state index < -0.39 is 11.8 Å². The molecule has 0 saturated carbocycles. The molecule has 3 aromatic rings. The Kier molecular flexibility index (Phi) is 2.94. The summed E-state index contributed by atoms with van der Waals surface area (Å²) < 4.78 is 13.9. The zero-order valence-corrected chi connectivity index (χ0v) is 11.2. The van der Waals surface area contributed by atoms with Gasteiger partial charge in [0.1, 0.15) is 11.3 Å². The summed E-state index contributed by atoms with van der Waals surface area (Å²) in [7, 11) is 0. The third-order valence-electron chi connectivity index (χ3n) is 2.90. The maximum absolute atomic E-state index is 13.9. The van der Waals surface area contributed by atoms with Crippen LogP contribution in [0, 0.1) is 12.7 Å². The van der Waals surface area contributed by atoms with Crippen molar-refractivity contribution >= 4 is 28.2 Å². The Morgan fingerprint density at radius 3 is 2.75 bits per heavy atom. The van der Waals surface area contributed by atoms with Crippen molar-refractivity contribution in [1.29, 1.82) is 0 Å². The second kappa shape index (κ2) is 4.64. The predicted molar refractivity (Wildman–Crippen MR) is 74.5 cm³/mol. The van der Waals surface area contributed by atoms with E-state index >= 15 is 0 Å². The molecule has 0 aliphatic heterocycles. The van der Waals surface area contributed by atoms with Crippen LogP contribution in [-0.2, 0) is 0 Å². The van der Waals surface area contributed by atoms with E-state index in [9.17, 15) is 14.3 Å². The van der Waals surface area contributed by atoms with Crippen molar-refractivity contribution in [3.8, 4) is 11.4 Å². The van der Waals surface area contributed by atoms with Crippen molar-refractivity contribution in [3.05, 3.63) is 46.0 Å². The van der Waals surface area contributed by atoms with Gasteiger partial charge in [0.15, 0.2) is 0 Å². The molecule has 0 unspecified atom stereocenters. The molecule has 100 valence electrons. The molecule has 0 amide bonds. The lowest BCUT2D eigenvalue weighted by Crippen LogP contribution is -2.01. The molecule has 0 aliphatic rings. The fraction of sp³-hybridized carbons (Fsp3) is 0.0714. The van der Waals surface area contributed by atoms with Gasteiger partial charge in [0.05, 0.1) is 22.0 Å². The Labute approximate surface area is 117 Å². The number of aromatic carboxylic acids is 1. The number of pyridine rings is 1. The molecule has 1 N–H and O–H groups in total. The van der Waals surface area contributed by atoms with Gasteiger partial charge in [0, 0.05) is 10.8 Å². The molecule has 3 rings (SSSR count). The average molecular weight is 288 g/mol. The standard InChI is InChI=1S/C14H9FN2O2S/c1-7-16-12(6-20-7)11-5-9(14(18)19)8-3-2-4-10(15)13(8)17-11/h2-6H,1H3,(H,18,19). The van der Waals surface area contributed by atoms with Crippen LogP contribution in [0.1, 0.15) is 15.4 Å². The molecule has 0 bridgehead atoms. The maximum atomic E-state index is 13.9. The SMILES string of the molecule is Cc1nc(-c2cc(C(=O)O)c3cccc(F)c3n2)cs1. The van der Waals surface area contributed by atoms with Crippen molar-refractivity contribution in [2.75, 3.05) is 0 Å². The molecule has 0 spiro atoms. The number of hydrogen-bond acceptors (Lipinski definition) is 4. The lowest BCUT2D eigenvalue weighted by Gasteiger charge is -2.06. The smallest absolute Gasteiger partial charge is 0.336 e. The average Bonchev–Trinajstić information content (AvgIpc) is 2.85. The van der Waals surface area contributed by atoms with E-state index in [1.54, 1.807) is 11.4 Å². The monoisotopic (exact) mass is 288 g/mol. The molecule has 1 aromatic carbocycles. The second-order valence-electron chi connectivity index (χ2n) is 4.25. The number of aromatic nitrogens is 2. The summed E-state index contributed by atoms with van der Waals surface area (Å²) in [6.07, 6.45) is 0. The van der Waals surface area contributed by atoms with E-state index in [0.717, 1.165) is 5.01 Å². The molecular weight excluding hydrogens is 279 g/mol. The van der Waals surface area contributed by atoms with Gasteiger partial charge >= 0.3 is 5.97 Å². The van der Waals surface area contributed by atoms with E-state index in [1.807, 2.05) is 6.92 Å². The molecule has 6 heteroatoms. The van der Waals surface area contributed by atoms with E-state index in [2.05, 4.69) is 9.97 Å². The Hall–Kier alpha value is -2.34. The molecular formula is C14H9FN2O2S. The first kappa shape index (κ1) is 12.7. The van der Waals surface area contributed by atoms with Crippen molar-refractivity contribution in [3.63, 3.8) is 0 Å². The fourth-order valence-electron chi connectivity index (χ4n) is 2.00. The van der Waals surface area contributed by atoms with Gasteiger partial charge in [-0.2, -0.15) is 0 Å². The maximum Gasteiger partial charge on any atom is 0.336 e. The number of halogens is 1. The molecule has 0 aliphatic carbocycles. The number of carbonyl (C=O) groups is 1. The van der Waals surface area contributed by atoms with Crippen molar-refractivity contribution < 1.29 is 14.3 Å². The zero-order valence-electron chi connectivity index (χ0n) is 10.4. The number of carboxylic acids is 1. The molecule has 0 radical (unpaired) electrons. The number of carboxylic acid groups (broad SMARTS) is 1. The summed E-state index contributed by atoms with van der Waals surface area (Å²) in [5, 5.41) is 12.2. The number of hydrogen-bond donors (Lipinski definition) is 1. The van der Waals surface area contributed by atoms with Crippen LogP contribution in [0.15, 0.2) is 29.6 Å². The molecule has 2 heterocycles. The largest absolute Gasteiger partial charge is 0.478 e. The summed E-state index contributed by atoms with van der Waals surface area (Å²) in [5.41, 5.74) is 0.993. The highest BCUT2D eigenvalue weighted by atomic mass is 32.1. The topological polar surface area (TPSA) is 63.1 Å². The minimum absolute atomic E-state index is 0.0233. The third kappa shape index (κ3) is 2.04. The molecule has 0 saturated heterocycles. The van der Waals surface area contributed by atoms with Crippen molar-refractivity contribution in [1.82, 2.24) is 9.97 Å². The van der Waals surface area contributed by atoms with Gasteiger partial charge in [-0.1, -0.05) is 12.1 Å². The van der Waals surface area contributed by atoms with Gasteiger partial charge in [0.2, 0.25) is 0 Å². The molecule has 20 heavy (non-hydrogen) atoms. The second-order valence-corrected chi connectivity index (χ2v) is 5.31. The van der Waals surface area contributed by atoms with Gasteiger partial charge in [-0.25, -0.2) is 19.2 Å². The van der Waals surface area contributed by atoms with Gasteiger partial charge in [-0.05, 0) is 19.1 Å². The van der Waals surface area contributed by atoms with Crippen LogP contribution in [0.25, 0.3) is 22.3 Å². The first-order chi connectivity index (χ1) is 9.56. The van der Waals surface area contributed by atoms with Crippen LogP contribution in [-0.4, -0.2) is 21.0 Å². The van der Waals surface area contributed by atoms with Crippen LogP contribution in [0.2, 0.25) is 0 Å². The minimum atomic E-state index is -1.11. The first-order valence-electron chi connectivity index (χ1n) is 5.81. The van der Waals surface area contributed by atoms with Crippen LogP contribution < -0.4 is 0 Å². The lowest BCUT2D eigenvalue weighted by molar-refractivity contribution is 0.0699. The first-order valence-corrected chi connectivity index (χ1v) is 6.69. The van der Waals surface area contributed by atoms with E-state index in [0.29, 0.717) is 11.4 Å². The summed E-state index contributed by atoms with van der Waals surface area (Å²) in [5.74, 6) is -1.66. The van der Waals surface area contributed by atoms with Gasteiger partial charge < -0.3 is 5.11 Å². The number of fused-ring (bicyclic) bond motifs is 1. The zero-order chi connectivity index (χ0) is 14.3. The van der Waals surface area contributed by atoms with Crippen LogP contribution in [0.3, 0.4) is 0 Å². The van der Waals surface area contributed by atoms with Crippen LogP contribution in [0.4, 0.5) is 4.39 Å². The van der Waals surface area contributed by atoms with Crippen LogP contribution in [0.5, 0.6) is 0 Å². The van der Waals surface area contributed by atoms with Gasteiger partial charge in [0.25, 0.3) is 0 Å². The third-order valence-corrected chi connectivity index (χ3v) is 3.68. The van der Waals surface area contributed by atoms with Crippen LogP contribution >= 0.6 is 11.3 Å². The predicted octanol–water partition coefficient (Wildman–Crippen LogP) is 3.50. The number of thiazole rings is 1. The Balaban J connectivity index is 2.35. The van der Waals surface area contributed by atoms with E-state index in [-0.39, 0.29) is 16.5 Å². The van der Waals surface area contributed by atoms with E-state index in [1.165, 1.54) is 29.5 Å². The van der Waals surface area contributed by atoms with E-state index in [4.69, 9.17) is 0 Å². The highest BCUT2D eigenvalue weighted by Gasteiger charge is 2.16. The Bertz CT molecular complexity index is 829. The Morgan fingerprint density at radius 1 is 1.30 bits per heavy atom. The summed E-state index contributed by atoms with van der Waals surface area (Å²) >= 11 is 1.43. The summed E-state index contributed by atoms with van der Waals surface area (Å²) in [6, 6.07) is 5.71. The number of nitrogens with zero attached hydrogens (tertiary/aromatic N) is 2. The number of rotatable bonds is 2. The highest BCUT2D eigenvalue weighted by molar-refractivity contribution is 7.09. The number of aryl methyl sites for hydroxylation is 1. The van der Waals surface area contributed by atoms with Gasteiger partial charge in [-0.3, -0.25) is 0 Å². The van der Waals surface area contributed by atoms with Gasteiger partial charge in [-0.15, -0.1) is 11.3 Å². The summed E-state index contributed by atoms with van der Waals surface area (Å²) in [6.45, 7) is 1.84. The quantitative estimate of drug-likeness (QED) is 0.784. The van der Waals surface area contributed by atoms with Crippen molar-refractivity contribution in [2.45, 2.75) is 6.92 Å². The molecule has 0 fully saturated rings.